The molecule has 0 spiro atoms. The molecule has 2 aromatic rings. The third kappa shape index (κ3) is 4.17. The number of carbonyl (C=O) groups is 2. The van der Waals surface area contributed by atoms with Crippen molar-refractivity contribution in [3.63, 3.8) is 0 Å². The third-order valence-corrected chi connectivity index (χ3v) is 5.49. The molecule has 11 heteroatoms. The summed E-state index contributed by atoms with van der Waals surface area (Å²) in [5.41, 5.74) is -0.549. The van der Waals surface area contributed by atoms with Crippen LogP contribution in [-0.4, -0.2) is 39.5 Å². The highest BCUT2D eigenvalue weighted by molar-refractivity contribution is 5.94. The smallest absolute Gasteiger partial charge is 0.451 e. The van der Waals surface area contributed by atoms with Gasteiger partial charge in [-0.15, -0.1) is 0 Å². The van der Waals surface area contributed by atoms with E-state index in [4.69, 9.17) is 4.74 Å². The topological polar surface area (TPSA) is 93.2 Å². The number of nitrogens with zero attached hydrogens (tertiary/aromatic N) is 2. The Morgan fingerprint density at radius 1 is 1.10 bits per heavy atom. The molecule has 164 valence electrons. The van der Waals surface area contributed by atoms with Gasteiger partial charge < -0.3 is 15.4 Å². The molecule has 31 heavy (non-hydrogen) atoms. The lowest BCUT2D eigenvalue weighted by molar-refractivity contribution is -0.145. The van der Waals surface area contributed by atoms with E-state index in [-0.39, 0.29) is 23.8 Å². The first-order valence-corrected chi connectivity index (χ1v) is 9.41. The van der Waals surface area contributed by atoms with Gasteiger partial charge >= 0.3 is 6.18 Å². The lowest BCUT2D eigenvalue weighted by atomic mass is 9.44. The van der Waals surface area contributed by atoms with Crippen LogP contribution >= 0.6 is 0 Å². The summed E-state index contributed by atoms with van der Waals surface area (Å²) in [5, 5.41) is 5.63. The van der Waals surface area contributed by atoms with Crippen LogP contribution in [0.5, 0.6) is 5.75 Å². The molecule has 3 aliphatic rings. The van der Waals surface area contributed by atoms with Crippen molar-refractivity contribution in [3.05, 3.63) is 53.4 Å². The molecule has 1 heterocycles. The molecule has 5 rings (SSSR count). The number of nitrogens with one attached hydrogen (secondary N) is 2. The Morgan fingerprint density at radius 2 is 1.71 bits per heavy atom. The van der Waals surface area contributed by atoms with E-state index >= 15 is 0 Å². The SMILES string of the molecule is Cc1ccc(OCC(=O)NC23CC(NC(=O)c4cnc(C(F)(F)F)nc4)(C2)C3)cc1F. The van der Waals surface area contributed by atoms with Gasteiger partial charge in [0.2, 0.25) is 5.82 Å². The van der Waals surface area contributed by atoms with Crippen molar-refractivity contribution >= 4 is 11.8 Å². The first-order chi connectivity index (χ1) is 14.5. The van der Waals surface area contributed by atoms with Gasteiger partial charge in [-0.1, -0.05) is 6.07 Å². The van der Waals surface area contributed by atoms with Gasteiger partial charge in [-0.25, -0.2) is 14.4 Å². The maximum Gasteiger partial charge on any atom is 0.451 e. The lowest BCUT2D eigenvalue weighted by Crippen LogP contribution is -2.84. The van der Waals surface area contributed by atoms with Crippen molar-refractivity contribution in [2.24, 2.45) is 0 Å². The zero-order valence-corrected chi connectivity index (χ0v) is 16.3. The number of carbonyl (C=O) groups excluding carboxylic acids is 2. The van der Waals surface area contributed by atoms with Crippen LogP contribution < -0.4 is 15.4 Å². The van der Waals surface area contributed by atoms with Crippen LogP contribution in [0.2, 0.25) is 0 Å². The van der Waals surface area contributed by atoms with Crippen molar-refractivity contribution in [2.75, 3.05) is 6.61 Å². The van der Waals surface area contributed by atoms with Crippen molar-refractivity contribution in [1.82, 2.24) is 20.6 Å². The molecule has 1 aromatic heterocycles. The molecule has 2 bridgehead atoms. The van der Waals surface area contributed by atoms with Gasteiger partial charge in [0.05, 0.1) is 5.56 Å². The average molecular weight is 438 g/mol. The molecule has 0 saturated heterocycles. The van der Waals surface area contributed by atoms with E-state index in [1.807, 2.05) is 0 Å². The van der Waals surface area contributed by atoms with Crippen molar-refractivity contribution in [3.8, 4) is 5.75 Å². The molecule has 0 radical (unpaired) electrons. The number of hydrogen-bond acceptors (Lipinski definition) is 5. The standard InChI is InChI=1S/C20H18F4N4O3/c1-11-2-3-13(4-14(11)21)31-7-15(29)27-18-8-19(9-18,10-18)28-16(30)12-5-25-17(26-6-12)20(22,23)24/h2-6H,7-10H2,1H3,(H,27,29)(H,28,30). The minimum atomic E-state index is -4.68. The molecule has 0 atom stereocenters. The van der Waals surface area contributed by atoms with Crippen molar-refractivity contribution in [2.45, 2.75) is 43.4 Å². The molecular formula is C20H18F4N4O3. The lowest BCUT2D eigenvalue weighted by Gasteiger charge is -2.70. The molecule has 3 saturated carbocycles. The summed E-state index contributed by atoms with van der Waals surface area (Å²) in [7, 11) is 0. The van der Waals surface area contributed by atoms with E-state index in [1.165, 1.54) is 6.07 Å². The molecular weight excluding hydrogens is 420 g/mol. The predicted octanol–water partition coefficient (Wildman–Crippen LogP) is 2.54. The highest BCUT2D eigenvalue weighted by atomic mass is 19.4. The van der Waals surface area contributed by atoms with Gasteiger partial charge in [0.25, 0.3) is 11.8 Å². The Morgan fingerprint density at radius 3 is 2.29 bits per heavy atom. The number of aromatic nitrogens is 2. The number of aryl methyl sites for hydroxylation is 1. The number of benzene rings is 1. The van der Waals surface area contributed by atoms with Gasteiger partial charge in [0, 0.05) is 29.5 Å². The molecule has 3 fully saturated rings. The number of hydrogen-bond donors (Lipinski definition) is 2. The second-order valence-electron chi connectivity index (χ2n) is 8.09. The van der Waals surface area contributed by atoms with Crippen molar-refractivity contribution < 1.29 is 31.9 Å². The first kappa shape index (κ1) is 21.0. The summed E-state index contributed by atoms with van der Waals surface area (Å²) in [5.74, 6) is -2.42. The van der Waals surface area contributed by atoms with Crippen LogP contribution in [0, 0.1) is 12.7 Å². The minimum absolute atomic E-state index is 0.0745. The first-order valence-electron chi connectivity index (χ1n) is 9.41. The van der Waals surface area contributed by atoms with E-state index < -0.39 is 34.8 Å². The fraction of sp³-hybridized carbons (Fsp3) is 0.400. The largest absolute Gasteiger partial charge is 0.484 e. The van der Waals surface area contributed by atoms with Gasteiger partial charge in [-0.3, -0.25) is 9.59 Å². The Kier molecular flexibility index (Phi) is 4.86. The molecule has 7 nitrogen and oxygen atoms in total. The summed E-state index contributed by atoms with van der Waals surface area (Å²) in [6, 6.07) is 4.33. The summed E-state index contributed by atoms with van der Waals surface area (Å²) in [4.78, 5) is 30.8. The zero-order valence-electron chi connectivity index (χ0n) is 16.3. The monoisotopic (exact) mass is 438 g/mol. The fourth-order valence-electron chi connectivity index (χ4n) is 4.10. The molecule has 0 aliphatic heterocycles. The number of ether oxygens (including phenoxy) is 1. The van der Waals surface area contributed by atoms with Gasteiger partial charge in [0.1, 0.15) is 11.6 Å². The van der Waals surface area contributed by atoms with Gasteiger partial charge in [-0.2, -0.15) is 13.2 Å². The summed E-state index contributed by atoms with van der Waals surface area (Å²) < 4.78 is 56.3. The predicted molar refractivity (Wildman–Crippen MR) is 98.6 cm³/mol. The molecule has 0 unspecified atom stereocenters. The van der Waals surface area contributed by atoms with E-state index in [1.54, 1.807) is 19.1 Å². The molecule has 3 aliphatic carbocycles. The highest BCUT2D eigenvalue weighted by Gasteiger charge is 2.69. The maximum atomic E-state index is 13.5. The zero-order chi connectivity index (χ0) is 22.4. The second-order valence-corrected chi connectivity index (χ2v) is 8.09. The number of rotatable bonds is 6. The van der Waals surface area contributed by atoms with Gasteiger partial charge in [0.15, 0.2) is 6.61 Å². The minimum Gasteiger partial charge on any atom is -0.484 e. The van der Waals surface area contributed by atoms with E-state index in [2.05, 4.69) is 20.6 Å². The van der Waals surface area contributed by atoms with Crippen LogP contribution in [-0.2, 0) is 11.0 Å². The van der Waals surface area contributed by atoms with E-state index in [0.29, 0.717) is 24.8 Å². The molecule has 2 N–H and O–H groups in total. The number of amides is 2. The summed E-state index contributed by atoms with van der Waals surface area (Å²) >= 11 is 0. The fourth-order valence-corrected chi connectivity index (χ4v) is 4.10. The van der Waals surface area contributed by atoms with Gasteiger partial charge in [-0.05, 0) is 37.8 Å². The second kappa shape index (κ2) is 7.17. The van der Waals surface area contributed by atoms with E-state index in [9.17, 15) is 27.2 Å². The third-order valence-electron chi connectivity index (χ3n) is 5.49. The van der Waals surface area contributed by atoms with Crippen LogP contribution in [0.1, 0.15) is 41.0 Å². The average Bonchev–Trinajstić information content (AvgIpc) is 2.65. The molecule has 2 amide bonds. The highest BCUT2D eigenvalue weighted by Crippen LogP contribution is 2.60. The summed E-state index contributed by atoms with van der Waals surface area (Å²) in [6.07, 6.45) is -1.52. The number of alkyl halides is 3. The van der Waals surface area contributed by atoms with Crippen LogP contribution in [0.25, 0.3) is 0 Å². The summed E-state index contributed by atoms with van der Waals surface area (Å²) in [6.45, 7) is 1.35. The Bertz CT molecular complexity index is 1020. The molecule has 1 aromatic carbocycles. The van der Waals surface area contributed by atoms with Crippen LogP contribution in [0.4, 0.5) is 17.6 Å². The van der Waals surface area contributed by atoms with Crippen LogP contribution in [0.3, 0.4) is 0 Å². The quantitative estimate of drug-likeness (QED) is 0.677. The normalized spacial score (nSPS) is 23.9. The Hall–Kier alpha value is -3.24. The van der Waals surface area contributed by atoms with Crippen LogP contribution in [0.15, 0.2) is 30.6 Å². The Balaban J connectivity index is 1.24. The van der Waals surface area contributed by atoms with E-state index in [0.717, 1.165) is 12.4 Å². The maximum absolute atomic E-state index is 13.5. The van der Waals surface area contributed by atoms with Crippen molar-refractivity contribution in [1.29, 1.82) is 0 Å². The Labute approximate surface area is 174 Å². The number of halogens is 4.